The molecule has 110 valence electrons. The number of aliphatic carboxylic acids is 1. The van der Waals surface area contributed by atoms with E-state index < -0.39 is 11.9 Å². The molecule has 1 aromatic rings. The lowest BCUT2D eigenvalue weighted by atomic mass is 9.87. The van der Waals surface area contributed by atoms with Crippen molar-refractivity contribution in [2.45, 2.75) is 39.7 Å². The van der Waals surface area contributed by atoms with Crippen LogP contribution < -0.4 is 11.1 Å². The molecule has 0 aliphatic carbocycles. The number of nitrogens with two attached hydrogens (primary N) is 1. The number of nitrogens with one attached hydrogen (secondary N) is 1. The fourth-order valence-electron chi connectivity index (χ4n) is 1.96. The monoisotopic (exact) mass is 279 g/mol. The number of nitrogens with zero attached hydrogens (tertiary/aromatic N) is 1. The number of aromatic nitrogens is 1. The standard InChI is InChI=1S/C14H21N3O3/c1-14(2,3)7-10(6-12(18)19)17-11-5-4-9(8-16-11)13(15)20/h4-5,8,10H,6-7H2,1-3H3,(H2,15,20)(H,16,17)(H,18,19). The molecule has 0 bridgehead atoms. The number of amides is 1. The van der Waals surface area contributed by atoms with Crippen LogP contribution in [0.4, 0.5) is 5.82 Å². The number of anilines is 1. The molecule has 1 amide bonds. The Morgan fingerprint density at radius 2 is 2.05 bits per heavy atom. The zero-order valence-corrected chi connectivity index (χ0v) is 12.0. The molecule has 1 atom stereocenters. The van der Waals surface area contributed by atoms with Gasteiger partial charge in [0, 0.05) is 12.2 Å². The van der Waals surface area contributed by atoms with E-state index in [1.165, 1.54) is 6.20 Å². The summed E-state index contributed by atoms with van der Waals surface area (Å²) in [6.07, 6.45) is 2.08. The third-order valence-electron chi connectivity index (χ3n) is 2.68. The average molecular weight is 279 g/mol. The first-order valence-electron chi connectivity index (χ1n) is 6.41. The van der Waals surface area contributed by atoms with Crippen LogP contribution in [0, 0.1) is 5.41 Å². The van der Waals surface area contributed by atoms with E-state index in [-0.39, 0.29) is 17.9 Å². The van der Waals surface area contributed by atoms with Gasteiger partial charge in [-0.05, 0) is 24.0 Å². The van der Waals surface area contributed by atoms with E-state index in [1.807, 2.05) is 20.8 Å². The van der Waals surface area contributed by atoms with Crippen LogP contribution in [0.25, 0.3) is 0 Å². The molecule has 1 rings (SSSR count). The van der Waals surface area contributed by atoms with Crippen LogP contribution in [0.15, 0.2) is 18.3 Å². The van der Waals surface area contributed by atoms with Gasteiger partial charge in [-0.3, -0.25) is 9.59 Å². The predicted molar refractivity (Wildman–Crippen MR) is 76.5 cm³/mol. The van der Waals surface area contributed by atoms with Gasteiger partial charge in [-0.2, -0.15) is 0 Å². The van der Waals surface area contributed by atoms with E-state index in [4.69, 9.17) is 10.8 Å². The van der Waals surface area contributed by atoms with Gasteiger partial charge in [-0.25, -0.2) is 4.98 Å². The van der Waals surface area contributed by atoms with Gasteiger partial charge < -0.3 is 16.2 Å². The van der Waals surface area contributed by atoms with E-state index in [1.54, 1.807) is 12.1 Å². The smallest absolute Gasteiger partial charge is 0.305 e. The van der Waals surface area contributed by atoms with Crippen LogP contribution in [0.5, 0.6) is 0 Å². The second-order valence-corrected chi connectivity index (χ2v) is 6.00. The van der Waals surface area contributed by atoms with Gasteiger partial charge in [0.2, 0.25) is 5.91 Å². The number of hydrogen-bond donors (Lipinski definition) is 3. The third-order valence-corrected chi connectivity index (χ3v) is 2.68. The normalized spacial score (nSPS) is 12.8. The Balaban J connectivity index is 2.78. The second-order valence-electron chi connectivity index (χ2n) is 6.00. The molecule has 0 aliphatic heterocycles. The zero-order valence-electron chi connectivity index (χ0n) is 12.0. The summed E-state index contributed by atoms with van der Waals surface area (Å²) in [6, 6.07) is 2.96. The van der Waals surface area contributed by atoms with Crippen molar-refractivity contribution in [3.63, 3.8) is 0 Å². The summed E-state index contributed by atoms with van der Waals surface area (Å²) in [5.74, 6) is -0.869. The molecule has 0 saturated heterocycles. The molecule has 1 unspecified atom stereocenters. The van der Waals surface area contributed by atoms with Crippen molar-refractivity contribution in [2.24, 2.45) is 11.1 Å². The summed E-state index contributed by atoms with van der Waals surface area (Å²) < 4.78 is 0. The predicted octanol–water partition coefficient (Wildman–Crippen LogP) is 1.87. The fourth-order valence-corrected chi connectivity index (χ4v) is 1.96. The molecule has 6 nitrogen and oxygen atoms in total. The minimum atomic E-state index is -0.861. The highest BCUT2D eigenvalue weighted by atomic mass is 16.4. The minimum Gasteiger partial charge on any atom is -0.481 e. The lowest BCUT2D eigenvalue weighted by Gasteiger charge is -2.26. The summed E-state index contributed by atoms with van der Waals surface area (Å²) in [6.45, 7) is 6.15. The van der Waals surface area contributed by atoms with Crippen LogP contribution in [0.2, 0.25) is 0 Å². The highest BCUT2D eigenvalue weighted by Gasteiger charge is 2.21. The van der Waals surface area contributed by atoms with Crippen molar-refractivity contribution in [1.29, 1.82) is 0 Å². The van der Waals surface area contributed by atoms with E-state index in [2.05, 4.69) is 10.3 Å². The van der Waals surface area contributed by atoms with Crippen molar-refractivity contribution in [3.05, 3.63) is 23.9 Å². The fraction of sp³-hybridized carbons (Fsp3) is 0.500. The lowest BCUT2D eigenvalue weighted by Crippen LogP contribution is -2.28. The summed E-state index contributed by atoms with van der Waals surface area (Å²) in [7, 11) is 0. The number of primary amides is 1. The molecule has 0 spiro atoms. The first kappa shape index (κ1) is 15.9. The Morgan fingerprint density at radius 3 is 2.45 bits per heavy atom. The molecule has 20 heavy (non-hydrogen) atoms. The van der Waals surface area contributed by atoms with Gasteiger partial charge in [0.15, 0.2) is 0 Å². The van der Waals surface area contributed by atoms with E-state index >= 15 is 0 Å². The Labute approximate surface area is 118 Å². The maximum atomic E-state index is 11.0. The molecular formula is C14H21N3O3. The number of carboxylic acids is 1. The summed E-state index contributed by atoms with van der Waals surface area (Å²) in [4.78, 5) is 25.9. The highest BCUT2D eigenvalue weighted by molar-refractivity contribution is 5.92. The van der Waals surface area contributed by atoms with Gasteiger partial charge in [-0.15, -0.1) is 0 Å². The van der Waals surface area contributed by atoms with Crippen molar-refractivity contribution in [2.75, 3.05) is 5.32 Å². The molecule has 1 aromatic heterocycles. The Bertz CT molecular complexity index is 477. The lowest BCUT2D eigenvalue weighted by molar-refractivity contribution is -0.137. The average Bonchev–Trinajstić information content (AvgIpc) is 2.26. The summed E-state index contributed by atoms with van der Waals surface area (Å²) >= 11 is 0. The van der Waals surface area contributed by atoms with Crippen molar-refractivity contribution in [1.82, 2.24) is 4.98 Å². The number of carbonyl (C=O) groups excluding carboxylic acids is 1. The van der Waals surface area contributed by atoms with Crippen LogP contribution in [-0.2, 0) is 4.79 Å². The minimum absolute atomic E-state index is 0.000280. The first-order chi connectivity index (χ1) is 9.17. The zero-order chi connectivity index (χ0) is 15.3. The van der Waals surface area contributed by atoms with Gasteiger partial charge >= 0.3 is 5.97 Å². The molecule has 0 aliphatic rings. The molecular weight excluding hydrogens is 258 g/mol. The van der Waals surface area contributed by atoms with E-state index in [0.29, 0.717) is 17.8 Å². The molecule has 0 radical (unpaired) electrons. The number of rotatable bonds is 6. The number of carboxylic acid groups (broad SMARTS) is 1. The topological polar surface area (TPSA) is 105 Å². The van der Waals surface area contributed by atoms with Crippen molar-refractivity contribution in [3.8, 4) is 0 Å². The van der Waals surface area contributed by atoms with Gasteiger partial charge in [0.1, 0.15) is 5.82 Å². The van der Waals surface area contributed by atoms with E-state index in [9.17, 15) is 9.59 Å². The number of carbonyl (C=O) groups is 2. The van der Waals surface area contributed by atoms with Crippen LogP contribution in [0.3, 0.4) is 0 Å². The van der Waals surface area contributed by atoms with Crippen molar-refractivity contribution < 1.29 is 14.7 Å². The quantitative estimate of drug-likeness (QED) is 0.737. The van der Waals surface area contributed by atoms with Gasteiger partial charge in [-0.1, -0.05) is 20.8 Å². The van der Waals surface area contributed by atoms with Crippen LogP contribution >= 0.6 is 0 Å². The summed E-state index contributed by atoms with van der Waals surface area (Å²) in [5.41, 5.74) is 5.46. The third kappa shape index (κ3) is 5.69. The molecule has 0 fully saturated rings. The van der Waals surface area contributed by atoms with Crippen LogP contribution in [-0.4, -0.2) is 28.0 Å². The van der Waals surface area contributed by atoms with Crippen molar-refractivity contribution >= 4 is 17.7 Å². The summed E-state index contributed by atoms with van der Waals surface area (Å²) in [5, 5.41) is 12.0. The number of pyridine rings is 1. The first-order valence-corrected chi connectivity index (χ1v) is 6.41. The molecule has 4 N–H and O–H groups in total. The van der Waals surface area contributed by atoms with E-state index in [0.717, 1.165) is 0 Å². The number of hydrogen-bond acceptors (Lipinski definition) is 4. The maximum absolute atomic E-state index is 11.0. The van der Waals surface area contributed by atoms with Gasteiger partial charge in [0.25, 0.3) is 0 Å². The Morgan fingerprint density at radius 1 is 1.40 bits per heavy atom. The van der Waals surface area contributed by atoms with Crippen LogP contribution in [0.1, 0.15) is 44.0 Å². The Kier molecular flexibility index (Phi) is 5.07. The Hall–Kier alpha value is -2.11. The molecule has 0 aromatic carbocycles. The highest BCUT2D eigenvalue weighted by Crippen LogP contribution is 2.24. The molecule has 0 saturated carbocycles. The van der Waals surface area contributed by atoms with Gasteiger partial charge in [0.05, 0.1) is 12.0 Å². The molecule has 1 heterocycles. The second kappa shape index (κ2) is 6.36. The molecule has 6 heteroatoms. The largest absolute Gasteiger partial charge is 0.481 e. The SMILES string of the molecule is CC(C)(C)CC(CC(=O)O)Nc1ccc(C(N)=O)cn1. The maximum Gasteiger partial charge on any atom is 0.305 e.